The Kier molecular flexibility index (Phi) is 5.75. The van der Waals surface area contributed by atoms with Crippen LogP contribution in [0.15, 0.2) is 29.2 Å². The maximum atomic E-state index is 9.72. The number of thioether (sulfide) groups is 1. The average molecular weight is 295 g/mol. The molecule has 2 atom stereocenters. The van der Waals surface area contributed by atoms with Crippen molar-refractivity contribution in [2.45, 2.75) is 48.3 Å². The molecule has 0 saturated heterocycles. The Labute approximate surface area is 126 Å². The third kappa shape index (κ3) is 3.90. The summed E-state index contributed by atoms with van der Waals surface area (Å²) in [5, 5.41) is 13.8. The van der Waals surface area contributed by atoms with Gasteiger partial charge in [0.1, 0.15) is 5.75 Å². The van der Waals surface area contributed by atoms with Gasteiger partial charge in [-0.05, 0) is 50.4 Å². The summed E-state index contributed by atoms with van der Waals surface area (Å²) < 4.78 is 5.27. The molecule has 1 aliphatic carbocycles. The number of rotatable bonds is 7. The van der Waals surface area contributed by atoms with Gasteiger partial charge in [0.2, 0.25) is 0 Å². The minimum absolute atomic E-state index is 0.0630. The number of aliphatic hydroxyl groups excluding tert-OH is 1. The van der Waals surface area contributed by atoms with Gasteiger partial charge in [0.25, 0.3) is 0 Å². The van der Waals surface area contributed by atoms with E-state index < -0.39 is 0 Å². The van der Waals surface area contributed by atoms with Gasteiger partial charge in [0.15, 0.2) is 0 Å². The number of methoxy groups -OCH3 is 1. The summed E-state index contributed by atoms with van der Waals surface area (Å²) in [5.41, 5.74) is -0.0630. The average Bonchev–Trinajstić information content (AvgIpc) is 2.89. The second-order valence-electron chi connectivity index (χ2n) is 5.53. The molecule has 2 unspecified atom stereocenters. The van der Waals surface area contributed by atoms with Crippen LogP contribution in [0.5, 0.6) is 5.75 Å². The molecule has 0 heterocycles. The third-order valence-electron chi connectivity index (χ3n) is 3.96. The Morgan fingerprint density at radius 3 is 3.05 bits per heavy atom. The van der Waals surface area contributed by atoms with Crippen molar-refractivity contribution in [2.75, 3.05) is 20.3 Å². The van der Waals surface area contributed by atoms with Crippen molar-refractivity contribution in [2.24, 2.45) is 0 Å². The first kappa shape index (κ1) is 15.7. The third-order valence-corrected chi connectivity index (χ3v) is 5.22. The number of hydrogen-bond acceptors (Lipinski definition) is 4. The highest BCUT2D eigenvalue weighted by Gasteiger charge is 2.38. The van der Waals surface area contributed by atoms with Crippen molar-refractivity contribution in [3.8, 4) is 5.75 Å². The normalized spacial score (nSPS) is 25.9. The van der Waals surface area contributed by atoms with E-state index in [1.807, 2.05) is 23.9 Å². The van der Waals surface area contributed by atoms with Crippen LogP contribution in [0.25, 0.3) is 0 Å². The molecule has 1 aromatic rings. The molecule has 0 radical (unpaired) electrons. The Morgan fingerprint density at radius 1 is 1.50 bits per heavy atom. The Bertz CT molecular complexity index is 427. The monoisotopic (exact) mass is 295 g/mol. The van der Waals surface area contributed by atoms with Gasteiger partial charge in [-0.25, -0.2) is 0 Å². The lowest BCUT2D eigenvalue weighted by molar-refractivity contribution is 0.165. The predicted molar refractivity (Wildman–Crippen MR) is 84.6 cm³/mol. The Balaban J connectivity index is 1.94. The fourth-order valence-corrected chi connectivity index (χ4v) is 4.16. The zero-order valence-corrected chi connectivity index (χ0v) is 13.2. The van der Waals surface area contributed by atoms with Gasteiger partial charge in [0, 0.05) is 15.7 Å². The first-order valence-electron chi connectivity index (χ1n) is 7.38. The molecule has 1 fully saturated rings. The highest BCUT2D eigenvalue weighted by atomic mass is 32.2. The molecular formula is C16H25NO2S. The van der Waals surface area contributed by atoms with Crippen LogP contribution in [-0.2, 0) is 0 Å². The summed E-state index contributed by atoms with van der Waals surface area (Å²) in [6.07, 6.45) is 4.35. The van der Waals surface area contributed by atoms with Gasteiger partial charge in [-0.2, -0.15) is 0 Å². The van der Waals surface area contributed by atoms with Crippen molar-refractivity contribution in [1.82, 2.24) is 5.32 Å². The Morgan fingerprint density at radius 2 is 2.35 bits per heavy atom. The maximum absolute atomic E-state index is 9.72. The first-order valence-corrected chi connectivity index (χ1v) is 8.26. The summed E-state index contributed by atoms with van der Waals surface area (Å²) in [6.45, 7) is 3.38. The molecule has 1 aliphatic rings. The molecule has 1 aromatic carbocycles. The molecular weight excluding hydrogens is 270 g/mol. The quantitative estimate of drug-likeness (QED) is 0.811. The number of nitrogens with one attached hydrogen (secondary N) is 1. The van der Waals surface area contributed by atoms with Crippen molar-refractivity contribution in [1.29, 1.82) is 0 Å². The van der Waals surface area contributed by atoms with Crippen molar-refractivity contribution in [3.05, 3.63) is 24.3 Å². The molecule has 0 amide bonds. The van der Waals surface area contributed by atoms with E-state index in [9.17, 15) is 5.11 Å². The lowest BCUT2D eigenvalue weighted by Crippen LogP contribution is -2.46. The predicted octanol–water partition coefficient (Wildman–Crippen LogP) is 3.07. The van der Waals surface area contributed by atoms with E-state index in [1.165, 1.54) is 4.90 Å². The molecule has 20 heavy (non-hydrogen) atoms. The zero-order chi connectivity index (χ0) is 14.4. The molecule has 0 spiro atoms. The van der Waals surface area contributed by atoms with E-state index in [1.54, 1.807) is 7.11 Å². The molecule has 0 aliphatic heterocycles. The molecule has 1 saturated carbocycles. The second-order valence-corrected chi connectivity index (χ2v) is 6.90. The highest BCUT2D eigenvalue weighted by molar-refractivity contribution is 8.00. The van der Waals surface area contributed by atoms with Gasteiger partial charge in [-0.3, -0.25) is 0 Å². The highest BCUT2D eigenvalue weighted by Crippen LogP contribution is 2.40. The SMILES string of the molecule is CCCNC1(CO)CCC(Sc2cccc(OC)c2)C1. The Hall–Kier alpha value is -0.710. The van der Waals surface area contributed by atoms with Crippen LogP contribution in [-0.4, -0.2) is 36.2 Å². The fraction of sp³-hybridized carbons (Fsp3) is 0.625. The topological polar surface area (TPSA) is 41.5 Å². The summed E-state index contributed by atoms with van der Waals surface area (Å²) in [4.78, 5) is 1.25. The second kappa shape index (κ2) is 7.34. The van der Waals surface area contributed by atoms with Gasteiger partial charge in [-0.1, -0.05) is 13.0 Å². The maximum Gasteiger partial charge on any atom is 0.119 e. The lowest BCUT2D eigenvalue weighted by Gasteiger charge is -2.28. The van der Waals surface area contributed by atoms with E-state index >= 15 is 0 Å². The van der Waals surface area contributed by atoms with E-state index in [0.29, 0.717) is 5.25 Å². The van der Waals surface area contributed by atoms with Crippen LogP contribution >= 0.6 is 11.8 Å². The van der Waals surface area contributed by atoms with E-state index in [4.69, 9.17) is 4.74 Å². The van der Waals surface area contributed by atoms with Gasteiger partial charge < -0.3 is 15.2 Å². The van der Waals surface area contributed by atoms with Gasteiger partial charge in [-0.15, -0.1) is 11.8 Å². The van der Waals surface area contributed by atoms with E-state index in [-0.39, 0.29) is 12.1 Å². The van der Waals surface area contributed by atoms with Crippen molar-refractivity contribution in [3.63, 3.8) is 0 Å². The van der Waals surface area contributed by atoms with Crippen LogP contribution in [0, 0.1) is 0 Å². The van der Waals surface area contributed by atoms with Crippen LogP contribution < -0.4 is 10.1 Å². The lowest BCUT2D eigenvalue weighted by atomic mass is 9.99. The molecule has 4 heteroatoms. The summed E-state index contributed by atoms with van der Waals surface area (Å²) in [6, 6.07) is 8.22. The number of aliphatic hydroxyl groups is 1. The summed E-state index contributed by atoms with van der Waals surface area (Å²) in [7, 11) is 1.70. The molecule has 3 nitrogen and oxygen atoms in total. The van der Waals surface area contributed by atoms with Crippen LogP contribution in [0.1, 0.15) is 32.6 Å². The number of ether oxygens (including phenoxy) is 1. The van der Waals surface area contributed by atoms with Gasteiger partial charge >= 0.3 is 0 Å². The zero-order valence-electron chi connectivity index (χ0n) is 12.4. The molecule has 0 aromatic heterocycles. The summed E-state index contributed by atoms with van der Waals surface area (Å²) in [5.74, 6) is 0.908. The fourth-order valence-electron chi connectivity index (χ4n) is 2.79. The largest absolute Gasteiger partial charge is 0.497 e. The first-order chi connectivity index (χ1) is 9.71. The molecule has 2 N–H and O–H groups in total. The van der Waals surface area contributed by atoms with Crippen LogP contribution in [0.4, 0.5) is 0 Å². The standard InChI is InChI=1S/C16H25NO2S/c1-3-9-17-16(12-18)8-7-15(11-16)20-14-6-4-5-13(10-14)19-2/h4-6,10,15,17-18H,3,7-9,11-12H2,1-2H3. The van der Waals surface area contributed by atoms with Crippen molar-refractivity contribution < 1.29 is 9.84 Å². The van der Waals surface area contributed by atoms with Crippen molar-refractivity contribution >= 4 is 11.8 Å². The van der Waals surface area contributed by atoms with E-state index in [0.717, 1.165) is 38.0 Å². The summed E-state index contributed by atoms with van der Waals surface area (Å²) >= 11 is 1.90. The van der Waals surface area contributed by atoms with Crippen LogP contribution in [0.2, 0.25) is 0 Å². The number of benzene rings is 1. The molecule has 2 rings (SSSR count). The minimum atomic E-state index is -0.0630. The minimum Gasteiger partial charge on any atom is -0.497 e. The molecule has 0 bridgehead atoms. The van der Waals surface area contributed by atoms with Crippen LogP contribution in [0.3, 0.4) is 0 Å². The van der Waals surface area contributed by atoms with E-state index in [2.05, 4.69) is 24.4 Å². The number of hydrogen-bond donors (Lipinski definition) is 2. The smallest absolute Gasteiger partial charge is 0.119 e. The molecule has 112 valence electrons. The van der Waals surface area contributed by atoms with Gasteiger partial charge in [0.05, 0.1) is 13.7 Å².